The fourth-order valence-corrected chi connectivity index (χ4v) is 18.1. The second kappa shape index (κ2) is 38.2. The smallest absolute Gasteiger partial charge is 0.263 e. The van der Waals surface area contributed by atoms with Crippen LogP contribution < -0.4 is 0 Å². The number of carbonyl (C=O) groups excluding carboxylic acids is 4. The van der Waals surface area contributed by atoms with Gasteiger partial charge >= 0.3 is 0 Å². The summed E-state index contributed by atoms with van der Waals surface area (Å²) in [5, 5.41) is 0. The zero-order valence-corrected chi connectivity index (χ0v) is 56.5. The summed E-state index contributed by atoms with van der Waals surface area (Å²) < 4.78 is 1.90. The van der Waals surface area contributed by atoms with E-state index in [1.54, 1.807) is 32.5 Å². The fraction of sp³-hybridized carbons (Fsp3) is 0.706. The van der Waals surface area contributed by atoms with Crippen molar-refractivity contribution in [1.29, 1.82) is 0 Å². The number of thiophene rings is 4. The van der Waals surface area contributed by atoms with Gasteiger partial charge in [0.25, 0.3) is 23.6 Å². The summed E-state index contributed by atoms with van der Waals surface area (Å²) in [6.07, 6.45) is 49.7. The van der Waals surface area contributed by atoms with E-state index in [0.29, 0.717) is 45.1 Å². The van der Waals surface area contributed by atoms with Gasteiger partial charge in [-0.3, -0.25) is 29.0 Å². The molecule has 0 radical (unpaired) electrons. The second-order valence-corrected chi connectivity index (χ2v) is 30.8. The van der Waals surface area contributed by atoms with E-state index >= 15 is 19.2 Å². The average molecular weight is 1300 g/mol. The van der Waals surface area contributed by atoms with Gasteiger partial charge in [0, 0.05) is 22.8 Å². The molecule has 0 spiro atoms. The SMILES string of the molecule is CCCCCCCCCCCCC(CCCCCCCCCC)CN1C(=O)c2c(-c3ccc(Br)s3)sc(-c3sc(-c4ccc(Br)s4)c4c3C(=O)N(CC(CCCCCCCCCC)CCCCCCCCCCCC)C4=O)c2C1=O. The molecule has 0 saturated heterocycles. The van der Waals surface area contributed by atoms with Crippen LogP contribution in [0.2, 0.25) is 0 Å². The summed E-state index contributed by atoms with van der Waals surface area (Å²) in [7, 11) is 0. The highest BCUT2D eigenvalue weighted by Crippen LogP contribution is 2.55. The maximum atomic E-state index is 15.4. The van der Waals surface area contributed by atoms with Crippen molar-refractivity contribution in [3.8, 4) is 29.3 Å². The number of amides is 4. The van der Waals surface area contributed by atoms with E-state index in [-0.39, 0.29) is 35.5 Å². The summed E-state index contributed by atoms with van der Waals surface area (Å²) in [6, 6.07) is 8.08. The zero-order valence-electron chi connectivity index (χ0n) is 50.1. The van der Waals surface area contributed by atoms with E-state index < -0.39 is 0 Å². The van der Waals surface area contributed by atoms with Crippen molar-refractivity contribution >= 4 is 101 Å². The molecule has 4 aromatic heterocycles. The maximum absolute atomic E-state index is 15.4. The van der Waals surface area contributed by atoms with Gasteiger partial charge in [-0.25, -0.2) is 0 Å². The van der Waals surface area contributed by atoms with Crippen LogP contribution in [0, 0.1) is 11.8 Å². The van der Waals surface area contributed by atoms with Gasteiger partial charge in [-0.15, -0.1) is 45.3 Å². The first-order valence-corrected chi connectivity index (χ1v) is 37.6. The van der Waals surface area contributed by atoms with Gasteiger partial charge in [-0.05, 0) is 93.6 Å². The van der Waals surface area contributed by atoms with Crippen molar-refractivity contribution in [1.82, 2.24) is 9.80 Å². The van der Waals surface area contributed by atoms with Crippen molar-refractivity contribution < 1.29 is 19.2 Å². The average Bonchev–Trinajstić information content (AvgIpc) is 4.50. The molecule has 6 rings (SSSR count). The number of fused-ring (bicyclic) bond motifs is 2. The number of rotatable bonds is 47. The lowest BCUT2D eigenvalue weighted by molar-refractivity contribution is 0.0606. The largest absolute Gasteiger partial charge is 0.274 e. The first-order valence-electron chi connectivity index (χ1n) is 32.7. The molecule has 2 aliphatic rings. The Morgan fingerprint density at radius 1 is 0.312 bits per heavy atom. The zero-order chi connectivity index (χ0) is 56.9. The Morgan fingerprint density at radius 3 is 0.762 bits per heavy atom. The molecule has 80 heavy (non-hydrogen) atoms. The molecule has 0 N–H and O–H groups in total. The van der Waals surface area contributed by atoms with Crippen molar-refractivity contribution in [2.45, 2.75) is 285 Å². The van der Waals surface area contributed by atoms with Crippen LogP contribution in [0.3, 0.4) is 0 Å². The Bertz CT molecular complexity index is 2280. The predicted octanol–water partition coefficient (Wildman–Crippen LogP) is 24.6. The number of unbranched alkanes of at least 4 members (excludes halogenated alkanes) is 32. The molecule has 2 aliphatic heterocycles. The molecule has 2 atom stereocenters. The van der Waals surface area contributed by atoms with Gasteiger partial charge in [0.05, 0.1) is 49.3 Å². The maximum Gasteiger partial charge on any atom is 0.263 e. The first-order chi connectivity index (χ1) is 39.1. The number of halogens is 2. The summed E-state index contributed by atoms with van der Waals surface area (Å²) in [5.74, 6) is -0.471. The highest BCUT2D eigenvalue weighted by molar-refractivity contribution is 9.11. The van der Waals surface area contributed by atoms with Crippen LogP contribution >= 0.6 is 77.2 Å². The number of hydrogen-bond acceptors (Lipinski definition) is 8. The Balaban J connectivity index is 1.25. The van der Waals surface area contributed by atoms with Crippen molar-refractivity contribution in [3.63, 3.8) is 0 Å². The van der Waals surface area contributed by atoms with Crippen molar-refractivity contribution in [3.05, 3.63) is 54.1 Å². The highest BCUT2D eigenvalue weighted by Gasteiger charge is 2.48. The number of carbonyl (C=O) groups is 4. The van der Waals surface area contributed by atoms with Gasteiger partial charge in [0.15, 0.2) is 0 Å². The Labute approximate surface area is 518 Å². The molecule has 0 aromatic carbocycles. The first kappa shape index (κ1) is 67.2. The minimum Gasteiger partial charge on any atom is -0.274 e. The summed E-state index contributed by atoms with van der Waals surface area (Å²) in [5.41, 5.74) is 1.76. The van der Waals surface area contributed by atoms with E-state index in [1.807, 2.05) is 24.3 Å². The molecule has 4 amide bonds. The molecule has 6 heterocycles. The molecule has 0 fully saturated rings. The van der Waals surface area contributed by atoms with Crippen LogP contribution in [0.1, 0.15) is 326 Å². The molecule has 0 bridgehead atoms. The predicted molar refractivity (Wildman–Crippen MR) is 355 cm³/mol. The second-order valence-electron chi connectivity index (χ2n) is 23.9. The van der Waals surface area contributed by atoms with E-state index in [4.69, 9.17) is 0 Å². The molecule has 2 unspecified atom stereocenters. The van der Waals surface area contributed by atoms with Crippen LogP contribution in [0.4, 0.5) is 0 Å². The molecule has 12 heteroatoms. The molecular weight excluding hydrogens is 1200 g/mol. The summed E-state index contributed by atoms with van der Waals surface area (Å²) >= 11 is 13.4. The topological polar surface area (TPSA) is 74.8 Å². The molecule has 0 aliphatic carbocycles. The molecule has 4 aromatic rings. The lowest BCUT2D eigenvalue weighted by Gasteiger charge is -2.23. The van der Waals surface area contributed by atoms with Gasteiger partial charge in [0.2, 0.25) is 0 Å². The normalized spacial score (nSPS) is 14.2. The van der Waals surface area contributed by atoms with Crippen LogP contribution in [0.15, 0.2) is 31.8 Å². The fourth-order valence-electron chi connectivity index (χ4n) is 12.4. The standard InChI is InChI=1S/C68H102Br2N2O4S4/c1-5-9-13-17-21-25-27-31-35-39-43-51(41-37-33-29-23-19-15-11-7-3)49-71-65(73)57-59(67(71)75)63(79-61(57)53-45-47-55(69)77-53)64-60-58(62(80-64)54-46-48-56(70)78-54)66(74)72(68(60)76)50-52(42-38-34-30-24-20-16-12-8-4)44-40-36-32-28-26-22-18-14-10-6-2/h45-48,51-52H,5-44,49-50H2,1-4H3. The minimum absolute atomic E-state index is 0.216. The number of imide groups is 2. The lowest BCUT2D eigenvalue weighted by Crippen LogP contribution is -2.35. The third-order valence-electron chi connectivity index (χ3n) is 17.2. The van der Waals surface area contributed by atoms with E-state index in [2.05, 4.69) is 59.6 Å². The van der Waals surface area contributed by atoms with Crippen molar-refractivity contribution in [2.24, 2.45) is 11.8 Å². The van der Waals surface area contributed by atoms with Crippen molar-refractivity contribution in [2.75, 3.05) is 13.1 Å². The quantitative estimate of drug-likeness (QED) is 0.0326. The van der Waals surface area contributed by atoms with E-state index in [9.17, 15) is 0 Å². The molecular formula is C68H102Br2N2O4S4. The van der Waals surface area contributed by atoms with Crippen LogP contribution in [0.5, 0.6) is 0 Å². The van der Waals surface area contributed by atoms with Gasteiger partial charge in [0.1, 0.15) is 0 Å². The monoisotopic (exact) mass is 1300 g/mol. The molecule has 446 valence electrons. The lowest BCUT2D eigenvalue weighted by atomic mass is 9.93. The van der Waals surface area contributed by atoms with Gasteiger partial charge in [-0.1, -0.05) is 259 Å². The van der Waals surface area contributed by atoms with Crippen LogP contribution in [-0.4, -0.2) is 46.5 Å². The number of nitrogens with zero attached hydrogens (tertiary/aromatic N) is 2. The summed E-state index contributed by atoms with van der Waals surface area (Å²) in [6.45, 7) is 9.93. The Kier molecular flexibility index (Phi) is 32.0. The molecule has 6 nitrogen and oxygen atoms in total. The number of hydrogen-bond donors (Lipinski definition) is 0. The Morgan fingerprint density at radius 2 is 0.537 bits per heavy atom. The summed E-state index contributed by atoms with van der Waals surface area (Å²) in [4.78, 5) is 68.9. The highest BCUT2D eigenvalue weighted by atomic mass is 79.9. The molecule has 0 saturated carbocycles. The van der Waals surface area contributed by atoms with Gasteiger partial charge in [-0.2, -0.15) is 0 Å². The van der Waals surface area contributed by atoms with E-state index in [0.717, 1.165) is 78.4 Å². The third-order valence-corrected chi connectivity index (χ3v) is 23.3. The minimum atomic E-state index is -0.250. The Hall–Kier alpha value is -1.96. The third kappa shape index (κ3) is 20.6. The van der Waals surface area contributed by atoms with Gasteiger partial charge < -0.3 is 0 Å². The van der Waals surface area contributed by atoms with Crippen LogP contribution in [-0.2, 0) is 0 Å². The van der Waals surface area contributed by atoms with E-state index in [1.165, 1.54) is 228 Å². The van der Waals surface area contributed by atoms with Crippen LogP contribution in [0.25, 0.3) is 29.3 Å².